The second kappa shape index (κ2) is 8.71. The number of carbonyl (C=O) groups is 2. The number of nitrogens with zero attached hydrogens (tertiary/aromatic N) is 5. The smallest absolute Gasteiger partial charge is 0.258 e. The van der Waals surface area contributed by atoms with Crippen LogP contribution in [-0.4, -0.2) is 70.3 Å². The van der Waals surface area contributed by atoms with Crippen LogP contribution >= 0.6 is 11.3 Å². The number of fused-ring (bicyclic) bond motifs is 2. The lowest BCUT2D eigenvalue weighted by Crippen LogP contribution is -2.51. The third-order valence-electron chi connectivity index (χ3n) is 5.79. The lowest BCUT2D eigenvalue weighted by molar-refractivity contribution is -0.133. The molecule has 2 aliphatic rings. The standard InChI is InChI=1S/C22H23N5O4S/c28-19-5-11-31-18-4-2-1-3-17(18)27(19)15-21(30)25-8-6-24(7-9-25)14-16-13-20(29)26-10-12-32-22(26)23-16/h1-4,10,12-13H,5-9,11,14-15H2. The van der Waals surface area contributed by atoms with E-state index in [0.29, 0.717) is 55.7 Å². The number of rotatable bonds is 4. The fourth-order valence-electron chi connectivity index (χ4n) is 4.08. The Kier molecular flexibility index (Phi) is 5.62. The van der Waals surface area contributed by atoms with Gasteiger partial charge in [-0.15, -0.1) is 11.3 Å². The Morgan fingerprint density at radius 2 is 1.94 bits per heavy atom. The topological polar surface area (TPSA) is 87.5 Å². The second-order valence-corrected chi connectivity index (χ2v) is 8.72. The van der Waals surface area contributed by atoms with Crippen molar-refractivity contribution in [2.45, 2.75) is 13.0 Å². The number of anilines is 1. The average Bonchev–Trinajstić information content (AvgIpc) is 3.21. The Bertz CT molecular complexity index is 1210. The fraction of sp³-hybridized carbons (Fsp3) is 0.364. The summed E-state index contributed by atoms with van der Waals surface area (Å²) in [5.41, 5.74) is 1.30. The van der Waals surface area contributed by atoms with E-state index in [1.807, 2.05) is 29.6 Å². The van der Waals surface area contributed by atoms with Crippen LogP contribution in [0.25, 0.3) is 4.96 Å². The molecule has 0 aliphatic carbocycles. The van der Waals surface area contributed by atoms with Crippen molar-refractivity contribution in [1.82, 2.24) is 19.2 Å². The van der Waals surface area contributed by atoms with Crippen molar-refractivity contribution in [3.05, 3.63) is 58.0 Å². The number of amides is 2. The summed E-state index contributed by atoms with van der Waals surface area (Å²) in [6.45, 7) is 3.40. The van der Waals surface area contributed by atoms with Crippen molar-refractivity contribution in [3.8, 4) is 5.75 Å². The van der Waals surface area contributed by atoms with Crippen LogP contribution in [0.5, 0.6) is 5.75 Å². The Balaban J connectivity index is 1.21. The third-order valence-corrected chi connectivity index (χ3v) is 6.55. The number of ether oxygens (including phenoxy) is 1. The molecule has 2 aromatic heterocycles. The molecule has 3 aromatic rings. The van der Waals surface area contributed by atoms with Crippen molar-refractivity contribution in [3.63, 3.8) is 0 Å². The lowest BCUT2D eigenvalue weighted by Gasteiger charge is -2.35. The average molecular weight is 454 g/mol. The minimum absolute atomic E-state index is 0.00652. The molecular weight excluding hydrogens is 430 g/mol. The van der Waals surface area contributed by atoms with Gasteiger partial charge in [0.25, 0.3) is 5.56 Å². The van der Waals surface area contributed by atoms with Crippen LogP contribution in [0.4, 0.5) is 5.69 Å². The Morgan fingerprint density at radius 1 is 1.12 bits per heavy atom. The molecule has 0 bridgehead atoms. The molecule has 166 valence electrons. The van der Waals surface area contributed by atoms with Crippen molar-refractivity contribution in [2.24, 2.45) is 0 Å². The summed E-state index contributed by atoms with van der Waals surface area (Å²) < 4.78 is 7.19. The fourth-order valence-corrected chi connectivity index (χ4v) is 4.82. The van der Waals surface area contributed by atoms with Gasteiger partial charge in [-0.05, 0) is 12.1 Å². The zero-order valence-corrected chi connectivity index (χ0v) is 18.3. The number of piperazine rings is 1. The van der Waals surface area contributed by atoms with Crippen LogP contribution in [0.15, 0.2) is 46.7 Å². The van der Waals surface area contributed by atoms with Gasteiger partial charge in [0.15, 0.2) is 4.96 Å². The first kappa shape index (κ1) is 20.7. The molecule has 1 saturated heterocycles. The molecule has 0 spiro atoms. The molecule has 0 radical (unpaired) electrons. The predicted molar refractivity (Wildman–Crippen MR) is 120 cm³/mol. The van der Waals surface area contributed by atoms with Gasteiger partial charge in [0.05, 0.1) is 24.4 Å². The van der Waals surface area contributed by atoms with Gasteiger partial charge in [-0.3, -0.25) is 28.6 Å². The highest BCUT2D eigenvalue weighted by atomic mass is 32.1. The van der Waals surface area contributed by atoms with E-state index >= 15 is 0 Å². The summed E-state index contributed by atoms with van der Waals surface area (Å²) in [5, 5.41) is 1.84. The number of hydrogen-bond donors (Lipinski definition) is 0. The molecule has 1 fully saturated rings. The number of para-hydroxylation sites is 2. The monoisotopic (exact) mass is 453 g/mol. The maximum absolute atomic E-state index is 13.0. The van der Waals surface area contributed by atoms with Gasteiger partial charge in [-0.2, -0.15) is 0 Å². The molecular formula is C22H23N5O4S. The van der Waals surface area contributed by atoms with Gasteiger partial charge in [0, 0.05) is 50.4 Å². The number of aromatic nitrogens is 2. The molecule has 0 N–H and O–H groups in total. The summed E-state index contributed by atoms with van der Waals surface area (Å²) in [6.07, 6.45) is 1.97. The van der Waals surface area contributed by atoms with E-state index in [1.165, 1.54) is 20.6 Å². The van der Waals surface area contributed by atoms with Gasteiger partial charge < -0.3 is 9.64 Å². The quantitative estimate of drug-likeness (QED) is 0.590. The van der Waals surface area contributed by atoms with Crippen molar-refractivity contribution in [2.75, 3.05) is 44.2 Å². The first-order valence-electron chi connectivity index (χ1n) is 10.6. The van der Waals surface area contributed by atoms with E-state index in [1.54, 1.807) is 17.2 Å². The summed E-state index contributed by atoms with van der Waals surface area (Å²) in [4.78, 5) is 48.5. The molecule has 10 heteroatoms. The highest BCUT2D eigenvalue weighted by molar-refractivity contribution is 7.15. The first-order valence-corrected chi connectivity index (χ1v) is 11.4. The summed E-state index contributed by atoms with van der Waals surface area (Å²) in [7, 11) is 0. The molecule has 1 aromatic carbocycles. The lowest BCUT2D eigenvalue weighted by atomic mass is 10.2. The zero-order valence-electron chi connectivity index (χ0n) is 17.5. The van der Waals surface area contributed by atoms with Crippen LogP contribution in [0.3, 0.4) is 0 Å². The van der Waals surface area contributed by atoms with Crippen LogP contribution < -0.4 is 15.2 Å². The molecule has 0 saturated carbocycles. The zero-order chi connectivity index (χ0) is 22.1. The second-order valence-electron chi connectivity index (χ2n) is 7.84. The van der Waals surface area contributed by atoms with Crippen LogP contribution in [0, 0.1) is 0 Å². The molecule has 0 atom stereocenters. The molecule has 4 heterocycles. The maximum atomic E-state index is 13.0. The van der Waals surface area contributed by atoms with E-state index in [2.05, 4.69) is 9.88 Å². The van der Waals surface area contributed by atoms with Gasteiger partial charge in [0.1, 0.15) is 12.3 Å². The Morgan fingerprint density at radius 3 is 2.78 bits per heavy atom. The van der Waals surface area contributed by atoms with Crippen molar-refractivity contribution >= 4 is 33.8 Å². The SMILES string of the molecule is O=C(CN1C(=O)CCOc2ccccc21)N1CCN(Cc2cc(=O)n3ccsc3n2)CC1. The van der Waals surface area contributed by atoms with Gasteiger partial charge in [-0.1, -0.05) is 12.1 Å². The van der Waals surface area contributed by atoms with Crippen molar-refractivity contribution in [1.29, 1.82) is 0 Å². The van der Waals surface area contributed by atoms with E-state index < -0.39 is 0 Å². The molecule has 32 heavy (non-hydrogen) atoms. The third kappa shape index (κ3) is 4.11. The summed E-state index contributed by atoms with van der Waals surface area (Å²) in [5.74, 6) is 0.441. The predicted octanol–water partition coefficient (Wildman–Crippen LogP) is 1.22. The Labute approximate surface area is 188 Å². The number of hydrogen-bond acceptors (Lipinski definition) is 7. The maximum Gasteiger partial charge on any atom is 0.258 e. The van der Waals surface area contributed by atoms with Crippen molar-refractivity contribution < 1.29 is 14.3 Å². The van der Waals surface area contributed by atoms with Crippen LogP contribution in [0.1, 0.15) is 12.1 Å². The number of thiazole rings is 1. The molecule has 0 unspecified atom stereocenters. The van der Waals surface area contributed by atoms with E-state index in [-0.39, 0.29) is 30.3 Å². The highest BCUT2D eigenvalue weighted by Crippen LogP contribution is 2.30. The minimum Gasteiger partial charge on any atom is -0.491 e. The molecule has 2 aliphatic heterocycles. The first-order chi connectivity index (χ1) is 15.6. The molecule has 2 amide bonds. The number of carbonyl (C=O) groups excluding carboxylic acids is 2. The van der Waals surface area contributed by atoms with Gasteiger partial charge in [-0.25, -0.2) is 4.98 Å². The van der Waals surface area contributed by atoms with E-state index in [4.69, 9.17) is 4.74 Å². The van der Waals surface area contributed by atoms with E-state index in [9.17, 15) is 14.4 Å². The molecule has 9 nitrogen and oxygen atoms in total. The number of benzene rings is 1. The van der Waals surface area contributed by atoms with Crippen LogP contribution in [0.2, 0.25) is 0 Å². The summed E-state index contributed by atoms with van der Waals surface area (Å²) in [6, 6.07) is 8.89. The normalized spacial score (nSPS) is 17.2. The highest BCUT2D eigenvalue weighted by Gasteiger charge is 2.28. The largest absolute Gasteiger partial charge is 0.491 e. The van der Waals surface area contributed by atoms with E-state index in [0.717, 1.165) is 5.69 Å². The summed E-state index contributed by atoms with van der Waals surface area (Å²) >= 11 is 1.43. The Hall–Kier alpha value is -3.24. The van der Waals surface area contributed by atoms with Crippen LogP contribution in [-0.2, 0) is 16.1 Å². The minimum atomic E-state index is -0.108. The molecule has 5 rings (SSSR count). The van der Waals surface area contributed by atoms with Gasteiger partial charge >= 0.3 is 0 Å². The van der Waals surface area contributed by atoms with Gasteiger partial charge in [0.2, 0.25) is 11.8 Å².